The summed E-state index contributed by atoms with van der Waals surface area (Å²) in [5.74, 6) is 0.519. The quantitative estimate of drug-likeness (QED) is 0.675. The number of amides is 2. The molecule has 3 fully saturated rings. The van der Waals surface area contributed by atoms with E-state index < -0.39 is 0 Å². The van der Waals surface area contributed by atoms with Gasteiger partial charge < -0.3 is 10.2 Å². The standard InChI is InChI=1S/C28H34FN3O2/c1-19-24(18-31-13-15-32(16-14-31)28(34)21-9-5-6-10-21)25(29)11-12-26(19)30-27(33)23-17-22(23)20-7-3-2-4-8-20/h2-4,7-8,11-12,21-23H,5-6,9-10,13-18H2,1H3,(H,30,33). The van der Waals surface area contributed by atoms with Gasteiger partial charge in [-0.25, -0.2) is 4.39 Å². The van der Waals surface area contributed by atoms with E-state index in [1.807, 2.05) is 30.0 Å². The van der Waals surface area contributed by atoms with Crippen LogP contribution < -0.4 is 5.32 Å². The van der Waals surface area contributed by atoms with Crippen molar-refractivity contribution < 1.29 is 14.0 Å². The Morgan fingerprint density at radius 2 is 1.71 bits per heavy atom. The van der Waals surface area contributed by atoms with Crippen molar-refractivity contribution in [2.24, 2.45) is 11.8 Å². The third-order valence-corrected chi connectivity index (χ3v) is 7.92. The van der Waals surface area contributed by atoms with Crippen molar-refractivity contribution in [1.82, 2.24) is 9.80 Å². The molecule has 2 atom stereocenters. The van der Waals surface area contributed by atoms with Crippen LogP contribution in [-0.2, 0) is 16.1 Å². The summed E-state index contributed by atoms with van der Waals surface area (Å²) in [6.07, 6.45) is 5.22. The zero-order valence-electron chi connectivity index (χ0n) is 19.9. The number of piperazine rings is 1. The molecule has 34 heavy (non-hydrogen) atoms. The van der Waals surface area contributed by atoms with E-state index in [1.54, 1.807) is 6.07 Å². The highest BCUT2D eigenvalue weighted by Crippen LogP contribution is 2.48. The second-order valence-electron chi connectivity index (χ2n) is 10.1. The Morgan fingerprint density at radius 1 is 1.00 bits per heavy atom. The first-order chi connectivity index (χ1) is 16.5. The number of hydrogen-bond acceptors (Lipinski definition) is 3. The van der Waals surface area contributed by atoms with E-state index in [0.29, 0.717) is 36.8 Å². The van der Waals surface area contributed by atoms with Crippen LogP contribution in [0.5, 0.6) is 0 Å². The monoisotopic (exact) mass is 463 g/mol. The molecular formula is C28H34FN3O2. The molecule has 1 heterocycles. The van der Waals surface area contributed by atoms with Crippen molar-refractivity contribution in [3.05, 3.63) is 65.0 Å². The van der Waals surface area contributed by atoms with E-state index in [0.717, 1.165) is 50.8 Å². The summed E-state index contributed by atoms with van der Waals surface area (Å²) >= 11 is 0. The van der Waals surface area contributed by atoms with Gasteiger partial charge >= 0.3 is 0 Å². The lowest BCUT2D eigenvalue weighted by molar-refractivity contribution is -0.137. The second kappa shape index (κ2) is 9.87. The minimum atomic E-state index is -0.242. The number of carbonyl (C=O) groups is 2. The van der Waals surface area contributed by atoms with Crippen molar-refractivity contribution in [2.45, 2.75) is 51.5 Å². The van der Waals surface area contributed by atoms with Crippen LogP contribution >= 0.6 is 0 Å². The Kier molecular flexibility index (Phi) is 6.68. The predicted molar refractivity (Wildman–Crippen MR) is 131 cm³/mol. The van der Waals surface area contributed by atoms with Crippen LogP contribution in [0.3, 0.4) is 0 Å². The average Bonchev–Trinajstić information content (AvgIpc) is 3.48. The third-order valence-electron chi connectivity index (χ3n) is 7.92. The molecule has 180 valence electrons. The van der Waals surface area contributed by atoms with Gasteiger partial charge in [0, 0.05) is 55.8 Å². The maximum absolute atomic E-state index is 14.8. The van der Waals surface area contributed by atoms with Gasteiger partial charge in [-0.05, 0) is 55.4 Å². The van der Waals surface area contributed by atoms with Crippen LogP contribution in [0.15, 0.2) is 42.5 Å². The molecule has 0 bridgehead atoms. The van der Waals surface area contributed by atoms with Gasteiger partial charge in [0.2, 0.25) is 11.8 Å². The van der Waals surface area contributed by atoms with E-state index in [2.05, 4.69) is 22.3 Å². The SMILES string of the molecule is Cc1c(NC(=O)C2CC2c2ccccc2)ccc(F)c1CN1CCN(C(=O)C2CCCC2)CC1. The molecule has 0 aromatic heterocycles. The normalized spacial score (nSPS) is 23.2. The van der Waals surface area contributed by atoms with Crippen LogP contribution in [0.4, 0.5) is 10.1 Å². The van der Waals surface area contributed by atoms with Crippen LogP contribution in [0.2, 0.25) is 0 Å². The summed E-state index contributed by atoms with van der Waals surface area (Å²) in [6, 6.07) is 13.3. The van der Waals surface area contributed by atoms with Crippen molar-refractivity contribution in [3.63, 3.8) is 0 Å². The van der Waals surface area contributed by atoms with Crippen LogP contribution in [0, 0.1) is 24.6 Å². The van der Waals surface area contributed by atoms with E-state index in [4.69, 9.17) is 0 Å². The molecule has 2 aromatic carbocycles. The van der Waals surface area contributed by atoms with Crippen LogP contribution in [-0.4, -0.2) is 47.8 Å². The number of nitrogens with one attached hydrogen (secondary N) is 1. The largest absolute Gasteiger partial charge is 0.340 e. The van der Waals surface area contributed by atoms with Gasteiger partial charge in [0.1, 0.15) is 5.82 Å². The smallest absolute Gasteiger partial charge is 0.228 e. The highest BCUT2D eigenvalue weighted by molar-refractivity contribution is 5.96. The maximum Gasteiger partial charge on any atom is 0.228 e. The Hall–Kier alpha value is -2.73. The average molecular weight is 464 g/mol. The molecule has 6 heteroatoms. The highest BCUT2D eigenvalue weighted by atomic mass is 19.1. The van der Waals surface area contributed by atoms with Crippen molar-refractivity contribution in [3.8, 4) is 0 Å². The zero-order valence-corrected chi connectivity index (χ0v) is 19.9. The molecule has 5 rings (SSSR count). The molecule has 2 aliphatic carbocycles. The maximum atomic E-state index is 14.8. The van der Waals surface area contributed by atoms with E-state index >= 15 is 0 Å². The fourth-order valence-corrected chi connectivity index (χ4v) is 5.61. The second-order valence-corrected chi connectivity index (χ2v) is 10.1. The molecule has 2 amide bonds. The van der Waals surface area contributed by atoms with Gasteiger partial charge in [-0.2, -0.15) is 0 Å². The fraction of sp³-hybridized carbons (Fsp3) is 0.500. The summed E-state index contributed by atoms with van der Waals surface area (Å²) in [5, 5.41) is 3.05. The first kappa shape index (κ1) is 23.0. The van der Waals surface area contributed by atoms with Gasteiger partial charge in [0.15, 0.2) is 0 Å². The van der Waals surface area contributed by atoms with Crippen molar-refractivity contribution in [2.75, 3.05) is 31.5 Å². The number of nitrogens with zero attached hydrogens (tertiary/aromatic N) is 2. The van der Waals surface area contributed by atoms with E-state index in [-0.39, 0.29) is 29.5 Å². The molecule has 2 saturated carbocycles. The van der Waals surface area contributed by atoms with Crippen molar-refractivity contribution >= 4 is 17.5 Å². The molecule has 0 spiro atoms. The molecule has 2 aromatic rings. The molecule has 1 N–H and O–H groups in total. The number of benzene rings is 2. The number of halogens is 1. The highest BCUT2D eigenvalue weighted by Gasteiger charge is 2.44. The Morgan fingerprint density at radius 3 is 2.41 bits per heavy atom. The van der Waals surface area contributed by atoms with Gasteiger partial charge in [0.25, 0.3) is 0 Å². The van der Waals surface area contributed by atoms with Gasteiger partial charge in [-0.15, -0.1) is 0 Å². The summed E-state index contributed by atoms with van der Waals surface area (Å²) in [5.41, 5.74) is 3.30. The third kappa shape index (κ3) is 4.88. The molecule has 5 nitrogen and oxygen atoms in total. The number of hydrogen-bond donors (Lipinski definition) is 1. The molecular weight excluding hydrogens is 429 g/mol. The lowest BCUT2D eigenvalue weighted by atomic mass is 10.0. The van der Waals surface area contributed by atoms with Gasteiger partial charge in [-0.1, -0.05) is 43.2 Å². The number of anilines is 1. The Balaban J connectivity index is 1.18. The van der Waals surface area contributed by atoms with Crippen molar-refractivity contribution in [1.29, 1.82) is 0 Å². The first-order valence-corrected chi connectivity index (χ1v) is 12.7. The topological polar surface area (TPSA) is 52.7 Å². The molecule has 0 radical (unpaired) electrons. The fourth-order valence-electron chi connectivity index (χ4n) is 5.61. The lowest BCUT2D eigenvalue weighted by Crippen LogP contribution is -2.49. The minimum Gasteiger partial charge on any atom is -0.340 e. The Bertz CT molecular complexity index is 1040. The lowest BCUT2D eigenvalue weighted by Gasteiger charge is -2.36. The van der Waals surface area contributed by atoms with Crippen LogP contribution in [0.1, 0.15) is 54.7 Å². The van der Waals surface area contributed by atoms with Crippen LogP contribution in [0.25, 0.3) is 0 Å². The summed E-state index contributed by atoms with van der Waals surface area (Å²) in [7, 11) is 0. The van der Waals surface area contributed by atoms with E-state index in [9.17, 15) is 14.0 Å². The van der Waals surface area contributed by atoms with Gasteiger partial charge in [0.05, 0.1) is 0 Å². The molecule has 2 unspecified atom stereocenters. The molecule has 1 saturated heterocycles. The summed E-state index contributed by atoms with van der Waals surface area (Å²) < 4.78 is 14.8. The molecule has 3 aliphatic rings. The summed E-state index contributed by atoms with van der Waals surface area (Å²) in [4.78, 5) is 29.8. The van der Waals surface area contributed by atoms with Gasteiger partial charge in [-0.3, -0.25) is 14.5 Å². The van der Waals surface area contributed by atoms with E-state index in [1.165, 1.54) is 11.6 Å². The zero-order chi connectivity index (χ0) is 23.7. The predicted octanol–water partition coefficient (Wildman–Crippen LogP) is 4.71. The number of rotatable bonds is 6. The summed E-state index contributed by atoms with van der Waals surface area (Å²) in [6.45, 7) is 5.27. The minimum absolute atomic E-state index is 0.00792. The Labute approximate surface area is 201 Å². The number of carbonyl (C=O) groups excluding carboxylic acids is 2. The molecule has 1 aliphatic heterocycles. The first-order valence-electron chi connectivity index (χ1n) is 12.7.